The molecule has 2 aliphatic rings. The Hall–Kier alpha value is -3.50. The molecule has 1 heterocycles. The lowest BCUT2D eigenvalue weighted by Crippen LogP contribution is -2.56. The zero-order valence-corrected chi connectivity index (χ0v) is 27.2. The van der Waals surface area contributed by atoms with Crippen LogP contribution in [0.5, 0.6) is 5.75 Å². The number of aliphatic hydroxyl groups excluding tert-OH is 1. The number of aliphatic imine (C=N–C) groups is 1. The summed E-state index contributed by atoms with van der Waals surface area (Å²) in [4.78, 5) is 19.7. The number of nitrogens with one attached hydrogen (secondary N) is 2. The molecule has 1 aliphatic heterocycles. The van der Waals surface area contributed by atoms with Gasteiger partial charge >= 0.3 is 0 Å². The summed E-state index contributed by atoms with van der Waals surface area (Å²) in [6.07, 6.45) is 1.80. The van der Waals surface area contributed by atoms with Crippen LogP contribution in [0.2, 0.25) is 0 Å². The normalized spacial score (nSPS) is 19.2. The number of nitrogens with zero attached hydrogens (tertiary/aromatic N) is 1. The van der Waals surface area contributed by atoms with E-state index in [0.29, 0.717) is 31.1 Å². The van der Waals surface area contributed by atoms with E-state index in [0.717, 1.165) is 38.5 Å². The van der Waals surface area contributed by atoms with Gasteiger partial charge in [0, 0.05) is 45.6 Å². The van der Waals surface area contributed by atoms with E-state index in [1.807, 2.05) is 72.8 Å². The highest BCUT2D eigenvalue weighted by Gasteiger charge is 2.54. The van der Waals surface area contributed by atoms with Crippen molar-refractivity contribution in [2.24, 2.45) is 4.99 Å². The van der Waals surface area contributed by atoms with Crippen molar-refractivity contribution in [1.82, 2.24) is 10.9 Å². The Bertz CT molecular complexity index is 1640. The van der Waals surface area contributed by atoms with Crippen LogP contribution < -0.4 is 15.6 Å². The summed E-state index contributed by atoms with van der Waals surface area (Å²) in [5.74, 6) is 0.786. The molecule has 0 saturated carbocycles. The van der Waals surface area contributed by atoms with Crippen LogP contribution in [0.3, 0.4) is 0 Å². The van der Waals surface area contributed by atoms with Crippen molar-refractivity contribution in [3.8, 4) is 5.75 Å². The van der Waals surface area contributed by atoms with E-state index in [2.05, 4.69) is 67.0 Å². The Morgan fingerprint density at radius 3 is 2.25 bits per heavy atom. The number of rotatable bonds is 11. The fourth-order valence-electron chi connectivity index (χ4n) is 5.82. The highest BCUT2D eigenvalue weighted by molar-refractivity contribution is 9.10. The highest BCUT2D eigenvalue weighted by atomic mass is 79.9. The molecule has 9 heteroatoms. The maximum absolute atomic E-state index is 14.6. The minimum absolute atomic E-state index is 0.0721. The Morgan fingerprint density at radius 2 is 1.57 bits per heavy atom. The topological polar surface area (TPSA) is 92.2 Å². The molecule has 44 heavy (non-hydrogen) atoms. The van der Waals surface area contributed by atoms with E-state index in [9.17, 15) is 4.79 Å². The van der Waals surface area contributed by atoms with Gasteiger partial charge in [-0.1, -0.05) is 92.5 Å². The minimum atomic E-state index is -1.34. The Labute approximate surface area is 273 Å². The molecule has 4 aromatic carbocycles. The van der Waals surface area contributed by atoms with E-state index in [4.69, 9.17) is 19.6 Å². The quantitative estimate of drug-likeness (QED) is 0.126. The summed E-state index contributed by atoms with van der Waals surface area (Å²) in [5.41, 5.74) is 10.1. The predicted octanol–water partition coefficient (Wildman–Crippen LogP) is 6.26. The van der Waals surface area contributed by atoms with Gasteiger partial charge in [-0.25, -0.2) is 10.4 Å². The summed E-state index contributed by atoms with van der Waals surface area (Å²) in [6, 6.07) is 31.6. The summed E-state index contributed by atoms with van der Waals surface area (Å²) < 4.78 is 14.1. The number of fused-ring (bicyclic) bond motifs is 1. The molecule has 0 aromatic heterocycles. The van der Waals surface area contributed by atoms with Crippen LogP contribution in [0.15, 0.2) is 111 Å². The number of hydrogen-bond donors (Lipinski definition) is 3. The lowest BCUT2D eigenvalue weighted by Gasteiger charge is -2.32. The molecular formula is C35H33Br2N3O4. The fourth-order valence-corrected chi connectivity index (χ4v) is 6.73. The fraction of sp³-hybridized carbons (Fsp3) is 0.257. The SMILES string of the molecule is O=C(NNC1Cc2ccccc2C1)[C@@]1(Cc2ccccc2Br)N=C(c2ccc(OCCCO)cc2)O[C@H]1c1ccccc1Br. The zero-order chi connectivity index (χ0) is 30.5. The number of benzene rings is 4. The lowest BCUT2D eigenvalue weighted by molar-refractivity contribution is -0.130. The number of hydrazine groups is 1. The van der Waals surface area contributed by atoms with Gasteiger partial charge in [-0.2, -0.15) is 0 Å². The first-order valence-corrected chi connectivity index (χ1v) is 16.3. The molecule has 2 atom stereocenters. The summed E-state index contributed by atoms with van der Waals surface area (Å²) in [5, 5.41) is 9.07. The van der Waals surface area contributed by atoms with Crippen LogP contribution in [0.1, 0.15) is 40.3 Å². The number of carbonyl (C=O) groups excluding carboxylic acids is 1. The van der Waals surface area contributed by atoms with E-state index in [1.165, 1.54) is 11.1 Å². The largest absolute Gasteiger partial charge is 0.494 e. The Kier molecular flexibility index (Phi) is 9.47. The van der Waals surface area contributed by atoms with Crippen LogP contribution in [-0.4, -0.2) is 41.7 Å². The van der Waals surface area contributed by atoms with Gasteiger partial charge < -0.3 is 14.6 Å². The van der Waals surface area contributed by atoms with Crippen molar-refractivity contribution in [2.45, 2.75) is 43.4 Å². The third kappa shape index (κ3) is 6.47. The molecule has 0 radical (unpaired) electrons. The smallest absolute Gasteiger partial charge is 0.266 e. The first-order valence-electron chi connectivity index (χ1n) is 14.7. The zero-order valence-electron chi connectivity index (χ0n) is 24.0. The van der Waals surface area contributed by atoms with Gasteiger partial charge in [-0.15, -0.1) is 0 Å². The maximum atomic E-state index is 14.6. The molecule has 0 unspecified atom stereocenters. The van der Waals surface area contributed by atoms with Crippen LogP contribution in [0, 0.1) is 0 Å². The first kappa shape index (κ1) is 30.5. The average molecular weight is 719 g/mol. The molecule has 226 valence electrons. The van der Waals surface area contributed by atoms with Crippen LogP contribution >= 0.6 is 31.9 Å². The third-order valence-corrected chi connectivity index (χ3v) is 9.57. The number of aliphatic hydroxyl groups is 1. The molecule has 4 aromatic rings. The molecule has 3 N–H and O–H groups in total. The van der Waals surface area contributed by atoms with Gasteiger partial charge in [0.1, 0.15) is 5.75 Å². The van der Waals surface area contributed by atoms with Gasteiger partial charge in [0.25, 0.3) is 5.91 Å². The summed E-state index contributed by atoms with van der Waals surface area (Å²) in [6.45, 7) is 0.495. The number of halogens is 2. The minimum Gasteiger partial charge on any atom is -0.494 e. The molecule has 0 saturated heterocycles. The standard InChI is InChI=1S/C35H33Br2N3O4/c36-30-12-5-3-10-26(30)22-35(34(42)40-39-27-20-24-8-1-2-9-25(24)21-27)32(29-11-4-6-13-31(29)37)44-33(38-35)23-14-16-28(17-15-23)43-19-7-18-41/h1-6,8-17,27,32,39,41H,7,18-22H2,(H,40,42)/t32-,35-/m0/s1. The molecule has 1 amide bonds. The maximum Gasteiger partial charge on any atom is 0.266 e. The van der Waals surface area contributed by atoms with E-state index in [1.54, 1.807) is 0 Å². The lowest BCUT2D eigenvalue weighted by atomic mass is 9.82. The number of hydrogen-bond acceptors (Lipinski definition) is 6. The second-order valence-electron chi connectivity index (χ2n) is 11.1. The first-order chi connectivity index (χ1) is 21.5. The number of ether oxygens (including phenoxy) is 2. The van der Waals surface area contributed by atoms with Crippen molar-refractivity contribution in [3.63, 3.8) is 0 Å². The third-order valence-electron chi connectivity index (χ3n) is 8.08. The van der Waals surface area contributed by atoms with E-state index < -0.39 is 11.6 Å². The summed E-state index contributed by atoms with van der Waals surface area (Å²) >= 11 is 7.41. The monoisotopic (exact) mass is 717 g/mol. The Morgan fingerprint density at radius 1 is 0.909 bits per heavy atom. The van der Waals surface area contributed by atoms with E-state index in [-0.39, 0.29) is 18.6 Å². The Balaban J connectivity index is 1.36. The predicted molar refractivity (Wildman–Crippen MR) is 178 cm³/mol. The van der Waals surface area contributed by atoms with Crippen LogP contribution in [0.4, 0.5) is 0 Å². The molecule has 0 fully saturated rings. The van der Waals surface area contributed by atoms with Crippen LogP contribution in [0.25, 0.3) is 0 Å². The van der Waals surface area contributed by atoms with Gasteiger partial charge in [0.05, 0.1) is 6.61 Å². The van der Waals surface area contributed by atoms with Crippen molar-refractivity contribution in [2.75, 3.05) is 13.2 Å². The number of carbonyl (C=O) groups is 1. The molecule has 7 nitrogen and oxygen atoms in total. The summed E-state index contributed by atoms with van der Waals surface area (Å²) in [7, 11) is 0. The molecule has 6 rings (SSSR count). The molecule has 0 spiro atoms. The van der Waals surface area contributed by atoms with Crippen molar-refractivity contribution in [1.29, 1.82) is 0 Å². The van der Waals surface area contributed by atoms with Crippen molar-refractivity contribution < 1.29 is 19.4 Å². The van der Waals surface area contributed by atoms with Gasteiger partial charge in [0.2, 0.25) is 5.90 Å². The molecule has 1 aliphatic carbocycles. The van der Waals surface area contributed by atoms with Gasteiger partial charge in [-0.3, -0.25) is 10.2 Å². The highest BCUT2D eigenvalue weighted by Crippen LogP contribution is 2.45. The number of amides is 1. The second kappa shape index (κ2) is 13.6. The second-order valence-corrected chi connectivity index (χ2v) is 12.8. The molecule has 0 bridgehead atoms. The average Bonchev–Trinajstić information content (AvgIpc) is 3.64. The molecular weight excluding hydrogens is 686 g/mol. The van der Waals surface area contributed by atoms with Gasteiger partial charge in [0.15, 0.2) is 11.6 Å². The van der Waals surface area contributed by atoms with Crippen LogP contribution in [-0.2, 0) is 28.8 Å². The van der Waals surface area contributed by atoms with Gasteiger partial charge in [-0.05, 0) is 65.9 Å². The van der Waals surface area contributed by atoms with Crippen molar-refractivity contribution >= 4 is 43.7 Å². The van der Waals surface area contributed by atoms with E-state index >= 15 is 0 Å². The van der Waals surface area contributed by atoms with Crippen molar-refractivity contribution in [3.05, 3.63) is 134 Å².